The number of rotatable bonds is 6. The summed E-state index contributed by atoms with van der Waals surface area (Å²) in [5.41, 5.74) is 4.36. The highest BCUT2D eigenvalue weighted by molar-refractivity contribution is 5.96. The molecule has 0 bridgehead atoms. The van der Waals surface area contributed by atoms with Crippen LogP contribution in [-0.4, -0.2) is 39.4 Å². The molecule has 34 heavy (non-hydrogen) atoms. The number of H-pyrrole nitrogens is 1. The lowest BCUT2D eigenvalue weighted by Gasteiger charge is -2.19. The number of pyridine rings is 1. The minimum Gasteiger partial charge on any atom is -0.490 e. The molecule has 1 saturated carbocycles. The standard InChI is InChI=1S/C26H25FN4O3/c1-15-5-4-6-17(9-15)24-22(27)10-18(11-23(24)34-20-7-8-20)26(32)30(3)13-19-14-31(33)16(2)21-12-28-29-25(19)21/h4-6,9-12,14,20,33H,7-8,13H2,1-3H3/p+1. The summed E-state index contributed by atoms with van der Waals surface area (Å²) >= 11 is 0. The van der Waals surface area contributed by atoms with Crippen LogP contribution >= 0.6 is 0 Å². The second kappa shape index (κ2) is 8.44. The van der Waals surface area contributed by atoms with Gasteiger partial charge in [0.05, 0.1) is 40.9 Å². The van der Waals surface area contributed by atoms with E-state index in [-0.39, 0.29) is 24.1 Å². The second-order valence-corrected chi connectivity index (χ2v) is 8.92. The van der Waals surface area contributed by atoms with Crippen molar-refractivity contribution in [1.29, 1.82) is 0 Å². The number of nitrogens with zero attached hydrogens (tertiary/aromatic N) is 3. The molecule has 2 aromatic carbocycles. The zero-order valence-electron chi connectivity index (χ0n) is 19.3. The van der Waals surface area contributed by atoms with Gasteiger partial charge in [-0.05, 0) is 37.5 Å². The van der Waals surface area contributed by atoms with E-state index in [4.69, 9.17) is 4.74 Å². The van der Waals surface area contributed by atoms with E-state index in [1.807, 2.05) is 31.2 Å². The fourth-order valence-corrected chi connectivity index (χ4v) is 4.15. The number of carbonyl (C=O) groups excluding carboxylic acids is 1. The topological polar surface area (TPSA) is 82.3 Å². The van der Waals surface area contributed by atoms with Crippen molar-refractivity contribution in [2.24, 2.45) is 0 Å². The Hall–Kier alpha value is -3.94. The SMILES string of the molecule is Cc1cccc(-c2c(F)cc(C(=O)N(C)Cc3c[n+](O)c(C)c4cn[nH]c34)cc2OC2CC2)c1. The summed E-state index contributed by atoms with van der Waals surface area (Å²) < 4.78 is 22.5. The summed E-state index contributed by atoms with van der Waals surface area (Å²) in [4.78, 5) is 14.8. The zero-order chi connectivity index (χ0) is 24.0. The molecule has 1 aliphatic rings. The first kappa shape index (κ1) is 21.9. The summed E-state index contributed by atoms with van der Waals surface area (Å²) in [6.45, 7) is 3.92. The Kier molecular flexibility index (Phi) is 5.43. The first-order chi connectivity index (χ1) is 16.3. The van der Waals surface area contributed by atoms with Gasteiger partial charge < -0.3 is 9.64 Å². The van der Waals surface area contributed by atoms with E-state index in [9.17, 15) is 10.0 Å². The number of benzene rings is 2. The predicted octanol–water partition coefficient (Wildman–Crippen LogP) is 4.32. The Morgan fingerprint density at radius 3 is 2.82 bits per heavy atom. The number of amides is 1. The van der Waals surface area contributed by atoms with Crippen LogP contribution in [0.15, 0.2) is 48.8 Å². The van der Waals surface area contributed by atoms with Gasteiger partial charge in [-0.3, -0.25) is 15.1 Å². The quantitative estimate of drug-likeness (QED) is 0.331. The third-order valence-corrected chi connectivity index (χ3v) is 6.15. The number of halogens is 1. The first-order valence-electron chi connectivity index (χ1n) is 11.2. The van der Waals surface area contributed by atoms with Crippen molar-refractivity contribution < 1.29 is 23.9 Å². The van der Waals surface area contributed by atoms with Gasteiger partial charge in [-0.2, -0.15) is 5.10 Å². The van der Waals surface area contributed by atoms with E-state index in [1.165, 1.54) is 11.0 Å². The van der Waals surface area contributed by atoms with Crippen LogP contribution in [0.1, 0.15) is 40.0 Å². The highest BCUT2D eigenvalue weighted by Crippen LogP contribution is 2.38. The summed E-state index contributed by atoms with van der Waals surface area (Å²) in [7, 11) is 1.64. The van der Waals surface area contributed by atoms with Crippen LogP contribution in [0.2, 0.25) is 0 Å². The lowest BCUT2D eigenvalue weighted by atomic mass is 9.99. The van der Waals surface area contributed by atoms with E-state index in [0.717, 1.165) is 34.0 Å². The average molecular weight is 462 g/mol. The number of nitrogens with one attached hydrogen (secondary N) is 1. The molecule has 2 aromatic heterocycles. The first-order valence-corrected chi connectivity index (χ1v) is 11.2. The van der Waals surface area contributed by atoms with Gasteiger partial charge >= 0.3 is 0 Å². The number of aryl methyl sites for hydroxylation is 2. The molecule has 0 unspecified atom stereocenters. The molecule has 0 atom stereocenters. The van der Waals surface area contributed by atoms with Crippen molar-refractivity contribution in [3.05, 3.63) is 77.0 Å². The monoisotopic (exact) mass is 461 g/mol. The molecule has 1 fully saturated rings. The summed E-state index contributed by atoms with van der Waals surface area (Å²) in [6, 6.07) is 10.5. The van der Waals surface area contributed by atoms with Gasteiger partial charge in [-0.1, -0.05) is 29.8 Å². The number of ether oxygens (including phenoxy) is 1. The minimum atomic E-state index is -0.500. The van der Waals surface area contributed by atoms with Crippen LogP contribution in [0.5, 0.6) is 5.75 Å². The van der Waals surface area contributed by atoms with Gasteiger partial charge in [-0.25, -0.2) is 4.39 Å². The third-order valence-electron chi connectivity index (χ3n) is 6.15. The Morgan fingerprint density at radius 1 is 1.29 bits per heavy atom. The van der Waals surface area contributed by atoms with E-state index < -0.39 is 5.82 Å². The van der Waals surface area contributed by atoms with Crippen molar-refractivity contribution in [3.8, 4) is 16.9 Å². The van der Waals surface area contributed by atoms with Gasteiger partial charge in [0.1, 0.15) is 11.6 Å². The van der Waals surface area contributed by atoms with Gasteiger partial charge in [0.25, 0.3) is 5.91 Å². The summed E-state index contributed by atoms with van der Waals surface area (Å²) in [5, 5.41) is 18.0. The normalized spacial score (nSPS) is 13.3. The molecule has 0 spiro atoms. The Balaban J connectivity index is 1.48. The molecule has 0 radical (unpaired) electrons. The van der Waals surface area contributed by atoms with Crippen molar-refractivity contribution in [2.45, 2.75) is 39.3 Å². The molecule has 1 aliphatic carbocycles. The molecule has 7 nitrogen and oxygen atoms in total. The Labute approximate surface area is 196 Å². The largest absolute Gasteiger partial charge is 0.490 e. The smallest absolute Gasteiger partial charge is 0.254 e. The lowest BCUT2D eigenvalue weighted by molar-refractivity contribution is -0.908. The van der Waals surface area contributed by atoms with Crippen LogP contribution in [-0.2, 0) is 6.54 Å². The van der Waals surface area contributed by atoms with Crippen LogP contribution in [0.25, 0.3) is 22.0 Å². The molecule has 2 N–H and O–H groups in total. The fourth-order valence-electron chi connectivity index (χ4n) is 4.15. The molecular weight excluding hydrogens is 435 g/mol. The van der Waals surface area contributed by atoms with Crippen molar-refractivity contribution >= 4 is 16.8 Å². The van der Waals surface area contributed by atoms with Gasteiger partial charge in [0, 0.05) is 24.3 Å². The lowest BCUT2D eigenvalue weighted by Crippen LogP contribution is -2.35. The van der Waals surface area contributed by atoms with Crippen molar-refractivity contribution in [3.63, 3.8) is 0 Å². The van der Waals surface area contributed by atoms with Crippen LogP contribution in [0.3, 0.4) is 0 Å². The molecular formula is C26H26FN4O3+. The second-order valence-electron chi connectivity index (χ2n) is 8.92. The minimum absolute atomic E-state index is 0.0484. The van der Waals surface area contributed by atoms with Crippen molar-refractivity contribution in [2.75, 3.05) is 7.05 Å². The third kappa shape index (κ3) is 4.07. The molecule has 8 heteroatoms. The Morgan fingerprint density at radius 2 is 2.09 bits per heavy atom. The molecule has 0 saturated heterocycles. The van der Waals surface area contributed by atoms with Crippen LogP contribution < -0.4 is 9.47 Å². The number of carbonyl (C=O) groups is 1. The number of aromatic nitrogens is 3. The van der Waals surface area contributed by atoms with Crippen LogP contribution in [0.4, 0.5) is 4.39 Å². The molecule has 1 amide bonds. The number of hydrogen-bond acceptors (Lipinski definition) is 4. The highest BCUT2D eigenvalue weighted by Gasteiger charge is 2.28. The van der Waals surface area contributed by atoms with Crippen LogP contribution in [0, 0.1) is 19.7 Å². The predicted molar refractivity (Wildman–Crippen MR) is 124 cm³/mol. The van der Waals surface area contributed by atoms with Gasteiger partial charge in [0.15, 0.2) is 0 Å². The Bertz CT molecular complexity index is 1410. The fraction of sp³-hybridized carbons (Fsp3) is 0.269. The van der Waals surface area contributed by atoms with E-state index in [1.54, 1.807) is 32.4 Å². The number of hydrogen-bond donors (Lipinski definition) is 2. The molecule has 4 aromatic rings. The van der Waals surface area contributed by atoms with Gasteiger partial charge in [-0.15, -0.1) is 0 Å². The number of fused-ring (bicyclic) bond motifs is 1. The van der Waals surface area contributed by atoms with E-state index in [0.29, 0.717) is 28.1 Å². The maximum absolute atomic E-state index is 15.4. The zero-order valence-corrected chi connectivity index (χ0v) is 19.3. The maximum Gasteiger partial charge on any atom is 0.254 e. The number of aromatic amines is 1. The average Bonchev–Trinajstić information content (AvgIpc) is 3.47. The molecule has 174 valence electrons. The summed E-state index contributed by atoms with van der Waals surface area (Å²) in [6.07, 6.45) is 5.06. The van der Waals surface area contributed by atoms with E-state index >= 15 is 4.39 Å². The van der Waals surface area contributed by atoms with Crippen molar-refractivity contribution in [1.82, 2.24) is 15.1 Å². The molecule has 5 rings (SSSR count). The highest BCUT2D eigenvalue weighted by atomic mass is 19.1. The van der Waals surface area contributed by atoms with E-state index in [2.05, 4.69) is 10.2 Å². The summed E-state index contributed by atoms with van der Waals surface area (Å²) in [5.74, 6) is -0.475. The molecule has 0 aliphatic heterocycles. The van der Waals surface area contributed by atoms with Gasteiger partial charge in [0.2, 0.25) is 11.9 Å². The molecule has 2 heterocycles. The maximum atomic E-state index is 15.4.